The average molecular weight is 264 g/mol. The third kappa shape index (κ3) is 3.44. The topological polar surface area (TPSA) is 71.3 Å². The molecule has 0 saturated heterocycles. The first-order valence-corrected chi connectivity index (χ1v) is 6.73. The number of carbonyl (C=O) groups is 1. The van der Waals surface area contributed by atoms with Gasteiger partial charge >= 0.3 is 0 Å². The van der Waals surface area contributed by atoms with Gasteiger partial charge in [0.05, 0.1) is 12.1 Å². The summed E-state index contributed by atoms with van der Waals surface area (Å²) in [6, 6.07) is 4.92. The maximum absolute atomic E-state index is 11.9. The Hall–Kier alpha value is -1.62. The van der Waals surface area contributed by atoms with E-state index in [1.807, 2.05) is 0 Å². The summed E-state index contributed by atoms with van der Waals surface area (Å²) in [5.74, 6) is -0.105. The lowest BCUT2D eigenvalue weighted by Gasteiger charge is -2.28. The van der Waals surface area contributed by atoms with E-state index in [1.54, 1.807) is 18.3 Å². The monoisotopic (exact) mass is 264 g/mol. The van der Waals surface area contributed by atoms with Gasteiger partial charge < -0.3 is 15.0 Å². The SMILES string of the molecule is O=C(CCn1ccccc1=O)NC1(CO)CCCC1. The maximum atomic E-state index is 11.9. The minimum atomic E-state index is -0.432. The number of nitrogens with one attached hydrogen (secondary N) is 1. The average Bonchev–Trinajstić information content (AvgIpc) is 2.87. The van der Waals surface area contributed by atoms with E-state index in [0.29, 0.717) is 6.54 Å². The zero-order valence-electron chi connectivity index (χ0n) is 11.0. The minimum absolute atomic E-state index is 0.00990. The Morgan fingerprint density at radius 2 is 2.11 bits per heavy atom. The van der Waals surface area contributed by atoms with Crippen molar-refractivity contribution in [2.45, 2.75) is 44.2 Å². The molecule has 1 aromatic heterocycles. The third-order valence-electron chi connectivity index (χ3n) is 3.75. The number of hydrogen-bond donors (Lipinski definition) is 2. The standard InChI is InChI=1S/C14H20N2O3/c17-11-14(7-2-3-8-14)15-12(18)6-10-16-9-4-1-5-13(16)19/h1,4-5,9,17H,2-3,6-8,10-11H2,(H,15,18). The van der Waals surface area contributed by atoms with Crippen LogP contribution in [0.25, 0.3) is 0 Å². The maximum Gasteiger partial charge on any atom is 0.250 e. The molecular formula is C14H20N2O3. The molecule has 1 saturated carbocycles. The Kier molecular flexibility index (Phi) is 4.37. The van der Waals surface area contributed by atoms with E-state index in [9.17, 15) is 14.7 Å². The zero-order chi connectivity index (χ0) is 13.7. The van der Waals surface area contributed by atoms with Gasteiger partial charge in [0.25, 0.3) is 5.56 Å². The summed E-state index contributed by atoms with van der Waals surface area (Å²) < 4.78 is 1.51. The van der Waals surface area contributed by atoms with Crippen LogP contribution in [-0.4, -0.2) is 27.7 Å². The van der Waals surface area contributed by atoms with E-state index in [1.165, 1.54) is 10.6 Å². The van der Waals surface area contributed by atoms with Gasteiger partial charge in [0.15, 0.2) is 0 Å². The molecule has 1 aliphatic rings. The van der Waals surface area contributed by atoms with Gasteiger partial charge in [-0.25, -0.2) is 0 Å². The number of nitrogens with zero attached hydrogens (tertiary/aromatic N) is 1. The smallest absolute Gasteiger partial charge is 0.250 e. The van der Waals surface area contributed by atoms with Gasteiger partial charge in [-0.05, 0) is 18.9 Å². The number of aliphatic hydroxyl groups excluding tert-OH is 1. The lowest BCUT2D eigenvalue weighted by atomic mass is 9.99. The van der Waals surface area contributed by atoms with Crippen molar-refractivity contribution in [1.29, 1.82) is 0 Å². The fourth-order valence-corrected chi connectivity index (χ4v) is 2.60. The molecule has 0 aromatic carbocycles. The summed E-state index contributed by atoms with van der Waals surface area (Å²) in [7, 11) is 0. The van der Waals surface area contributed by atoms with Crippen molar-refractivity contribution in [2.75, 3.05) is 6.61 Å². The first-order valence-electron chi connectivity index (χ1n) is 6.73. The largest absolute Gasteiger partial charge is 0.394 e. The molecule has 2 rings (SSSR count). The minimum Gasteiger partial charge on any atom is -0.394 e. The highest BCUT2D eigenvalue weighted by molar-refractivity contribution is 5.76. The van der Waals surface area contributed by atoms with Crippen molar-refractivity contribution in [2.24, 2.45) is 0 Å². The Balaban J connectivity index is 1.88. The van der Waals surface area contributed by atoms with Crippen LogP contribution in [0.2, 0.25) is 0 Å². The number of aromatic nitrogens is 1. The molecule has 0 bridgehead atoms. The van der Waals surface area contributed by atoms with Crippen LogP contribution in [0.5, 0.6) is 0 Å². The van der Waals surface area contributed by atoms with Crippen LogP contribution >= 0.6 is 0 Å². The molecule has 0 aliphatic heterocycles. The van der Waals surface area contributed by atoms with Gasteiger partial charge in [0, 0.05) is 25.2 Å². The Bertz CT molecular complexity index is 489. The van der Waals surface area contributed by atoms with Gasteiger partial charge in [-0.1, -0.05) is 18.9 Å². The van der Waals surface area contributed by atoms with Crippen LogP contribution in [0.15, 0.2) is 29.2 Å². The molecule has 0 radical (unpaired) electrons. The molecule has 5 nitrogen and oxygen atoms in total. The van der Waals surface area contributed by atoms with Crippen molar-refractivity contribution in [3.63, 3.8) is 0 Å². The highest BCUT2D eigenvalue weighted by atomic mass is 16.3. The lowest BCUT2D eigenvalue weighted by Crippen LogP contribution is -2.49. The Labute approximate surface area is 112 Å². The van der Waals surface area contributed by atoms with Crippen LogP contribution in [-0.2, 0) is 11.3 Å². The number of rotatable bonds is 5. The number of aliphatic hydroxyl groups is 1. The van der Waals surface area contributed by atoms with Gasteiger partial charge in [-0.15, -0.1) is 0 Å². The second-order valence-electron chi connectivity index (χ2n) is 5.18. The van der Waals surface area contributed by atoms with E-state index in [4.69, 9.17) is 0 Å². The number of carbonyl (C=O) groups excluding carboxylic acids is 1. The van der Waals surface area contributed by atoms with Crippen molar-refractivity contribution >= 4 is 5.91 Å². The van der Waals surface area contributed by atoms with Gasteiger partial charge in [-0.3, -0.25) is 9.59 Å². The third-order valence-corrected chi connectivity index (χ3v) is 3.75. The molecular weight excluding hydrogens is 244 g/mol. The van der Waals surface area contributed by atoms with E-state index in [2.05, 4.69) is 5.32 Å². The summed E-state index contributed by atoms with van der Waals surface area (Å²) in [4.78, 5) is 23.4. The summed E-state index contributed by atoms with van der Waals surface area (Å²) in [6.45, 7) is 0.358. The first-order chi connectivity index (χ1) is 9.15. The van der Waals surface area contributed by atoms with Gasteiger partial charge in [-0.2, -0.15) is 0 Å². The molecule has 1 fully saturated rings. The normalized spacial score (nSPS) is 17.3. The van der Waals surface area contributed by atoms with Crippen LogP contribution in [0, 0.1) is 0 Å². The van der Waals surface area contributed by atoms with Crippen molar-refractivity contribution in [3.05, 3.63) is 34.7 Å². The molecule has 19 heavy (non-hydrogen) atoms. The molecule has 0 atom stereocenters. The quantitative estimate of drug-likeness (QED) is 0.820. The molecule has 5 heteroatoms. The van der Waals surface area contributed by atoms with E-state index >= 15 is 0 Å². The molecule has 0 spiro atoms. The van der Waals surface area contributed by atoms with Crippen molar-refractivity contribution < 1.29 is 9.90 Å². The number of pyridine rings is 1. The van der Waals surface area contributed by atoms with Crippen molar-refractivity contribution in [3.8, 4) is 0 Å². The molecule has 1 heterocycles. The zero-order valence-corrected chi connectivity index (χ0v) is 11.0. The highest BCUT2D eigenvalue weighted by Crippen LogP contribution is 2.29. The van der Waals surface area contributed by atoms with Crippen LogP contribution < -0.4 is 10.9 Å². The van der Waals surface area contributed by atoms with Gasteiger partial charge in [0.2, 0.25) is 5.91 Å². The summed E-state index contributed by atoms with van der Waals surface area (Å²) in [5.41, 5.74) is -0.535. The second-order valence-corrected chi connectivity index (χ2v) is 5.18. The Morgan fingerprint density at radius 1 is 1.37 bits per heavy atom. The second kappa shape index (κ2) is 6.02. The molecule has 1 amide bonds. The number of hydrogen-bond acceptors (Lipinski definition) is 3. The summed E-state index contributed by atoms with van der Waals surface area (Å²) >= 11 is 0. The van der Waals surface area contributed by atoms with Crippen LogP contribution in [0.4, 0.5) is 0 Å². The molecule has 1 aliphatic carbocycles. The van der Waals surface area contributed by atoms with E-state index in [0.717, 1.165) is 25.7 Å². The fourth-order valence-electron chi connectivity index (χ4n) is 2.60. The first kappa shape index (κ1) is 13.8. The molecule has 2 N–H and O–H groups in total. The fraction of sp³-hybridized carbons (Fsp3) is 0.571. The highest BCUT2D eigenvalue weighted by Gasteiger charge is 2.34. The predicted octanol–water partition coefficient (Wildman–Crippen LogP) is 0.660. The van der Waals surface area contributed by atoms with Gasteiger partial charge in [0.1, 0.15) is 0 Å². The summed E-state index contributed by atoms with van der Waals surface area (Å²) in [6.07, 6.45) is 5.68. The summed E-state index contributed by atoms with van der Waals surface area (Å²) in [5, 5.41) is 12.4. The van der Waals surface area contributed by atoms with E-state index < -0.39 is 5.54 Å². The predicted molar refractivity (Wildman–Crippen MR) is 71.7 cm³/mol. The molecule has 1 aromatic rings. The van der Waals surface area contributed by atoms with Crippen LogP contribution in [0.3, 0.4) is 0 Å². The van der Waals surface area contributed by atoms with Crippen LogP contribution in [0.1, 0.15) is 32.1 Å². The number of aryl methyl sites for hydroxylation is 1. The molecule has 104 valence electrons. The van der Waals surface area contributed by atoms with Crippen molar-refractivity contribution in [1.82, 2.24) is 9.88 Å². The van der Waals surface area contributed by atoms with E-state index in [-0.39, 0.29) is 24.5 Å². The number of amides is 1. The lowest BCUT2D eigenvalue weighted by molar-refractivity contribution is -0.123. The molecule has 0 unspecified atom stereocenters. The Morgan fingerprint density at radius 3 is 2.74 bits per heavy atom.